The van der Waals surface area contributed by atoms with Crippen LogP contribution in [0.2, 0.25) is 0 Å². The van der Waals surface area contributed by atoms with Crippen molar-refractivity contribution in [3.63, 3.8) is 0 Å². The van der Waals surface area contributed by atoms with Crippen molar-refractivity contribution in [1.82, 2.24) is 0 Å². The van der Waals surface area contributed by atoms with Crippen molar-refractivity contribution in [2.45, 2.75) is 44.4 Å². The van der Waals surface area contributed by atoms with E-state index < -0.39 is 0 Å². The number of rotatable bonds is 4. The average molecular weight is 231 g/mol. The molecule has 0 heterocycles. The summed E-state index contributed by atoms with van der Waals surface area (Å²) in [5.41, 5.74) is 6.20. The van der Waals surface area contributed by atoms with Gasteiger partial charge in [0.25, 0.3) is 0 Å². The van der Waals surface area contributed by atoms with E-state index in [2.05, 4.69) is 4.99 Å². The maximum Gasteiger partial charge on any atom is 0.219 e. The van der Waals surface area contributed by atoms with Crippen molar-refractivity contribution in [2.24, 2.45) is 16.6 Å². The molecule has 0 aromatic rings. The van der Waals surface area contributed by atoms with Crippen LogP contribution in [0.4, 0.5) is 0 Å². The molecule has 0 spiro atoms. The molecule has 0 unspecified atom stereocenters. The summed E-state index contributed by atoms with van der Waals surface area (Å²) >= 11 is 6.03. The first-order chi connectivity index (χ1) is 7.09. The highest BCUT2D eigenvalue weighted by Gasteiger charge is 2.21. The Bertz CT molecular complexity index is 245. The zero-order valence-corrected chi connectivity index (χ0v) is 9.96. The number of nitrogens with zero attached hydrogens (tertiary/aromatic N) is 1. The van der Waals surface area contributed by atoms with Gasteiger partial charge < -0.3 is 5.73 Å². The fraction of sp³-hybridized carbons (Fsp3) is 0.818. The maximum absolute atomic E-state index is 10.5. The van der Waals surface area contributed by atoms with Crippen LogP contribution in [0, 0.1) is 5.92 Å². The molecule has 86 valence electrons. The minimum atomic E-state index is -0.281. The number of primary amides is 1. The third kappa shape index (κ3) is 4.65. The van der Waals surface area contributed by atoms with Crippen molar-refractivity contribution in [3.8, 4) is 0 Å². The van der Waals surface area contributed by atoms with Gasteiger partial charge in [0.2, 0.25) is 5.91 Å². The molecule has 1 amide bonds. The number of hydrogen-bond acceptors (Lipinski definition) is 2. The summed E-state index contributed by atoms with van der Waals surface area (Å²) in [5.74, 6) is 0.281. The van der Waals surface area contributed by atoms with E-state index in [4.69, 9.17) is 17.3 Å². The Morgan fingerprint density at radius 1 is 1.40 bits per heavy atom. The van der Waals surface area contributed by atoms with Gasteiger partial charge in [0.05, 0.1) is 0 Å². The topological polar surface area (TPSA) is 55.4 Å². The van der Waals surface area contributed by atoms with Crippen LogP contribution in [0.25, 0.3) is 0 Å². The molecule has 1 fully saturated rings. The first-order valence-electron chi connectivity index (χ1n) is 5.53. The second-order valence-electron chi connectivity index (χ2n) is 4.19. The van der Waals surface area contributed by atoms with Crippen LogP contribution in [0.1, 0.15) is 39.0 Å². The van der Waals surface area contributed by atoms with Crippen LogP contribution in [-0.4, -0.2) is 23.5 Å². The Labute approximate surface area is 96.1 Å². The molecular formula is C11H19ClN2O. The predicted octanol–water partition coefficient (Wildman–Crippen LogP) is 2.12. The molecule has 3 nitrogen and oxygen atoms in total. The summed E-state index contributed by atoms with van der Waals surface area (Å²) in [4.78, 5) is 14.9. The maximum atomic E-state index is 10.5. The van der Waals surface area contributed by atoms with Crippen molar-refractivity contribution in [3.05, 3.63) is 0 Å². The molecule has 0 radical (unpaired) electrons. The van der Waals surface area contributed by atoms with Gasteiger partial charge in [-0.2, -0.15) is 0 Å². The highest BCUT2D eigenvalue weighted by Crippen LogP contribution is 2.28. The smallest absolute Gasteiger partial charge is 0.219 e. The van der Waals surface area contributed by atoms with Crippen LogP contribution < -0.4 is 5.73 Å². The van der Waals surface area contributed by atoms with Crippen LogP contribution in [0.5, 0.6) is 0 Å². The van der Waals surface area contributed by atoms with Gasteiger partial charge in [-0.15, -0.1) is 11.6 Å². The largest absolute Gasteiger partial charge is 0.370 e. The van der Waals surface area contributed by atoms with E-state index in [1.165, 1.54) is 0 Å². The summed E-state index contributed by atoms with van der Waals surface area (Å²) in [6, 6.07) is 0. The van der Waals surface area contributed by atoms with Crippen LogP contribution in [0.3, 0.4) is 0 Å². The average Bonchev–Trinajstić information content (AvgIpc) is 2.18. The van der Waals surface area contributed by atoms with Crippen molar-refractivity contribution < 1.29 is 4.79 Å². The summed E-state index contributed by atoms with van der Waals surface area (Å²) in [5, 5.41) is 0.347. The molecule has 0 aliphatic heterocycles. The summed E-state index contributed by atoms with van der Waals surface area (Å²) in [6.45, 7) is 2.57. The fourth-order valence-corrected chi connectivity index (χ4v) is 2.19. The van der Waals surface area contributed by atoms with Gasteiger partial charge in [-0.1, -0.05) is 0 Å². The number of halogens is 1. The third-order valence-electron chi connectivity index (χ3n) is 2.97. The van der Waals surface area contributed by atoms with E-state index in [-0.39, 0.29) is 5.91 Å². The summed E-state index contributed by atoms with van der Waals surface area (Å²) in [6.07, 6.45) is 4.76. The van der Waals surface area contributed by atoms with Gasteiger partial charge >= 0.3 is 0 Å². The van der Waals surface area contributed by atoms with Gasteiger partial charge in [0.1, 0.15) is 0 Å². The first-order valence-corrected chi connectivity index (χ1v) is 5.96. The molecule has 0 saturated heterocycles. The van der Waals surface area contributed by atoms with E-state index in [1.807, 2.05) is 6.92 Å². The third-order valence-corrected chi connectivity index (χ3v) is 3.40. The van der Waals surface area contributed by atoms with Crippen molar-refractivity contribution >= 4 is 23.2 Å². The zero-order valence-electron chi connectivity index (χ0n) is 9.21. The zero-order chi connectivity index (χ0) is 11.3. The van der Waals surface area contributed by atoms with E-state index in [0.29, 0.717) is 24.3 Å². The fourth-order valence-electron chi connectivity index (χ4n) is 1.94. The lowest BCUT2D eigenvalue weighted by Gasteiger charge is -2.24. The number of carbonyl (C=O) groups excluding carboxylic acids is 1. The molecule has 1 aliphatic carbocycles. The lowest BCUT2D eigenvalue weighted by atomic mass is 9.86. The van der Waals surface area contributed by atoms with Gasteiger partial charge in [0.15, 0.2) is 0 Å². The highest BCUT2D eigenvalue weighted by atomic mass is 35.5. The van der Waals surface area contributed by atoms with Crippen LogP contribution in [0.15, 0.2) is 4.99 Å². The number of aliphatic imine (C=N–C) groups is 1. The van der Waals surface area contributed by atoms with E-state index in [9.17, 15) is 4.79 Å². The van der Waals surface area contributed by atoms with Crippen molar-refractivity contribution in [2.75, 3.05) is 6.54 Å². The second kappa shape index (κ2) is 6.11. The monoisotopic (exact) mass is 230 g/mol. The summed E-state index contributed by atoms with van der Waals surface area (Å²) in [7, 11) is 0. The predicted molar refractivity (Wildman–Crippen MR) is 63.4 cm³/mol. The van der Waals surface area contributed by atoms with Crippen LogP contribution in [-0.2, 0) is 4.79 Å². The SMILES string of the molecule is C/C(=N\CCC(N)=O)C1CCC(Cl)CC1. The molecule has 1 saturated carbocycles. The molecule has 0 bridgehead atoms. The Hall–Kier alpha value is -0.570. The number of amides is 1. The lowest BCUT2D eigenvalue weighted by molar-refractivity contribution is -0.117. The van der Waals surface area contributed by atoms with E-state index in [0.717, 1.165) is 31.4 Å². The van der Waals surface area contributed by atoms with Crippen LogP contribution >= 0.6 is 11.6 Å². The quantitative estimate of drug-likeness (QED) is 0.584. The van der Waals surface area contributed by atoms with Crippen molar-refractivity contribution in [1.29, 1.82) is 0 Å². The Morgan fingerprint density at radius 2 is 2.00 bits per heavy atom. The molecule has 4 heteroatoms. The molecule has 0 aromatic carbocycles. The Balaban J connectivity index is 2.32. The van der Waals surface area contributed by atoms with Gasteiger partial charge in [-0.25, -0.2) is 0 Å². The highest BCUT2D eigenvalue weighted by molar-refractivity contribution is 6.20. The Morgan fingerprint density at radius 3 is 2.53 bits per heavy atom. The normalized spacial score (nSPS) is 27.7. The molecular weight excluding hydrogens is 212 g/mol. The van der Waals surface area contributed by atoms with Gasteiger partial charge in [-0.3, -0.25) is 9.79 Å². The van der Waals surface area contributed by atoms with E-state index in [1.54, 1.807) is 0 Å². The Kier molecular flexibility index (Phi) is 5.09. The number of alkyl halides is 1. The molecule has 1 rings (SSSR count). The molecule has 0 aromatic heterocycles. The standard InChI is InChI=1S/C11H19ClN2O/c1-8(14-7-6-11(13)15)9-2-4-10(12)5-3-9/h9-10H,2-7H2,1H3,(H2,13,15)/b14-8+. The van der Waals surface area contributed by atoms with Gasteiger partial charge in [-0.05, 0) is 38.5 Å². The second-order valence-corrected chi connectivity index (χ2v) is 4.81. The molecule has 0 atom stereocenters. The molecule has 1 aliphatic rings. The van der Waals surface area contributed by atoms with E-state index >= 15 is 0 Å². The minimum absolute atomic E-state index is 0.281. The van der Waals surface area contributed by atoms with Gasteiger partial charge in [0, 0.05) is 24.1 Å². The molecule has 2 N–H and O–H groups in total. The number of carbonyl (C=O) groups is 1. The molecule has 15 heavy (non-hydrogen) atoms. The number of nitrogens with two attached hydrogens (primary N) is 1. The summed E-state index contributed by atoms with van der Waals surface area (Å²) < 4.78 is 0. The first kappa shape index (κ1) is 12.5. The minimum Gasteiger partial charge on any atom is -0.370 e. The number of hydrogen-bond donors (Lipinski definition) is 1. The lowest BCUT2D eigenvalue weighted by Crippen LogP contribution is -2.21.